The first-order chi connectivity index (χ1) is 37.2. The van der Waals surface area contributed by atoms with Gasteiger partial charge in [-0.1, -0.05) is 199 Å². The normalized spacial score (nSPS) is 14.4. The number of unbranched alkanes of at least 4 members (excludes halogenated alkanes) is 10. The first-order valence-corrected chi connectivity index (χ1v) is 30.2. The van der Waals surface area contributed by atoms with Crippen molar-refractivity contribution in [3.05, 3.63) is 146 Å². The fourth-order valence-electron chi connectivity index (χ4n) is 6.98. The lowest BCUT2D eigenvalue weighted by Crippen LogP contribution is -2.30. The SMILES string of the molecule is CC/C=C\C/C=C\C/C=C\C/C=C\C/C=C\CCCC(=O)OCC(COP(=O)(O)OCC(CO)OC(=O)CCCCC/C=C\C/C=C\C/C=C\CC)OC(=O)CCCCCCCC/C=C\C/C=C\C/C=C\C/C=C\CC. The molecule has 428 valence electrons. The van der Waals surface area contributed by atoms with Crippen molar-refractivity contribution < 1.29 is 52.2 Å². The number of carbonyl (C=O) groups is 3. The number of ether oxygens (including phenoxy) is 3. The molecule has 0 aromatic carbocycles. The second-order valence-corrected chi connectivity index (χ2v) is 19.8. The van der Waals surface area contributed by atoms with E-state index in [-0.39, 0.29) is 25.9 Å². The lowest BCUT2D eigenvalue weighted by atomic mass is 10.1. The van der Waals surface area contributed by atoms with Crippen LogP contribution in [0.25, 0.3) is 0 Å². The van der Waals surface area contributed by atoms with Crippen LogP contribution in [-0.4, -0.2) is 66.5 Å². The Balaban J connectivity index is 4.89. The van der Waals surface area contributed by atoms with Gasteiger partial charge in [0.25, 0.3) is 0 Å². The minimum Gasteiger partial charge on any atom is -0.462 e. The van der Waals surface area contributed by atoms with E-state index in [4.69, 9.17) is 23.3 Å². The van der Waals surface area contributed by atoms with E-state index in [1.165, 1.54) is 0 Å². The quantitative estimate of drug-likeness (QED) is 0.0197. The summed E-state index contributed by atoms with van der Waals surface area (Å²) in [5.74, 6) is -1.60. The van der Waals surface area contributed by atoms with Gasteiger partial charge in [-0.15, -0.1) is 0 Å². The zero-order valence-electron chi connectivity index (χ0n) is 47.2. The van der Waals surface area contributed by atoms with Gasteiger partial charge in [0, 0.05) is 19.3 Å². The molecule has 0 bridgehead atoms. The Hall–Kier alpha value is -4.64. The Labute approximate surface area is 461 Å². The number of aliphatic hydroxyl groups excluding tert-OH is 1. The highest BCUT2D eigenvalue weighted by Gasteiger charge is 2.28. The Morgan fingerprint density at radius 2 is 0.658 bits per heavy atom. The molecule has 0 saturated carbocycles. The molecule has 0 amide bonds. The zero-order chi connectivity index (χ0) is 55.5. The van der Waals surface area contributed by atoms with Gasteiger partial charge < -0.3 is 24.2 Å². The van der Waals surface area contributed by atoms with Crippen molar-refractivity contribution >= 4 is 25.7 Å². The van der Waals surface area contributed by atoms with Crippen LogP contribution in [0.3, 0.4) is 0 Å². The molecule has 76 heavy (non-hydrogen) atoms. The second-order valence-electron chi connectivity index (χ2n) is 18.3. The van der Waals surface area contributed by atoms with Crippen molar-refractivity contribution in [2.45, 2.75) is 213 Å². The monoisotopic (exact) mass is 1080 g/mol. The average molecular weight is 1080 g/mol. The molecule has 0 aromatic rings. The summed E-state index contributed by atoms with van der Waals surface area (Å²) in [6.07, 6.45) is 72.4. The Morgan fingerprint density at radius 3 is 1.04 bits per heavy atom. The number of esters is 3. The molecule has 0 aliphatic carbocycles. The van der Waals surface area contributed by atoms with Crippen LogP contribution >= 0.6 is 7.82 Å². The largest absolute Gasteiger partial charge is 0.472 e. The molecule has 3 atom stereocenters. The van der Waals surface area contributed by atoms with Crippen molar-refractivity contribution in [2.75, 3.05) is 26.4 Å². The molecule has 0 aliphatic rings. The lowest BCUT2D eigenvalue weighted by molar-refractivity contribution is -0.161. The summed E-state index contributed by atoms with van der Waals surface area (Å²) in [7, 11) is -4.78. The minimum atomic E-state index is -4.78. The van der Waals surface area contributed by atoms with Crippen LogP contribution in [0, 0.1) is 0 Å². The molecule has 0 aliphatic heterocycles. The fourth-order valence-corrected chi connectivity index (χ4v) is 7.77. The van der Waals surface area contributed by atoms with E-state index in [2.05, 4.69) is 161 Å². The predicted octanol–water partition coefficient (Wildman–Crippen LogP) is 17.1. The lowest BCUT2D eigenvalue weighted by Gasteiger charge is -2.21. The van der Waals surface area contributed by atoms with Gasteiger partial charge in [-0.05, 0) is 128 Å². The number of phosphoric ester groups is 1. The highest BCUT2D eigenvalue weighted by atomic mass is 31.2. The molecule has 0 fully saturated rings. The van der Waals surface area contributed by atoms with Gasteiger partial charge in [-0.3, -0.25) is 23.4 Å². The Bertz CT molecular complexity index is 1830. The molecule has 12 heteroatoms. The maximum atomic E-state index is 12.9. The van der Waals surface area contributed by atoms with Gasteiger partial charge in [-0.25, -0.2) is 4.57 Å². The number of aliphatic hydroxyl groups is 1. The van der Waals surface area contributed by atoms with Crippen molar-refractivity contribution in [2.24, 2.45) is 0 Å². The van der Waals surface area contributed by atoms with Gasteiger partial charge in [0.1, 0.15) is 12.7 Å². The molecule has 0 saturated heterocycles. The summed E-state index contributed by atoms with van der Waals surface area (Å²) >= 11 is 0. The summed E-state index contributed by atoms with van der Waals surface area (Å²) in [6, 6.07) is 0. The summed E-state index contributed by atoms with van der Waals surface area (Å²) < 4.78 is 39.4. The van der Waals surface area contributed by atoms with Gasteiger partial charge in [0.15, 0.2) is 6.10 Å². The number of carbonyl (C=O) groups excluding carboxylic acids is 3. The van der Waals surface area contributed by atoms with Crippen LogP contribution in [0.1, 0.15) is 201 Å². The average Bonchev–Trinajstić information content (AvgIpc) is 3.41. The van der Waals surface area contributed by atoms with Crippen molar-refractivity contribution in [3.63, 3.8) is 0 Å². The highest BCUT2D eigenvalue weighted by molar-refractivity contribution is 7.47. The molecule has 11 nitrogen and oxygen atoms in total. The molecular formula is C64H101O11P. The first kappa shape index (κ1) is 71.4. The number of rotatable bonds is 51. The molecule has 0 heterocycles. The predicted molar refractivity (Wildman–Crippen MR) is 316 cm³/mol. The number of allylic oxidation sites excluding steroid dienone is 24. The smallest absolute Gasteiger partial charge is 0.462 e. The van der Waals surface area contributed by atoms with Crippen LogP contribution in [0.4, 0.5) is 0 Å². The second kappa shape index (κ2) is 56.6. The highest BCUT2D eigenvalue weighted by Crippen LogP contribution is 2.43. The number of hydrogen-bond acceptors (Lipinski definition) is 10. The van der Waals surface area contributed by atoms with Gasteiger partial charge in [0.2, 0.25) is 0 Å². The summed E-state index contributed by atoms with van der Waals surface area (Å²) in [6.45, 7) is 4.16. The summed E-state index contributed by atoms with van der Waals surface area (Å²) in [4.78, 5) is 48.5. The van der Waals surface area contributed by atoms with Crippen LogP contribution in [-0.2, 0) is 42.2 Å². The van der Waals surface area contributed by atoms with Crippen LogP contribution in [0.5, 0.6) is 0 Å². The van der Waals surface area contributed by atoms with Crippen LogP contribution in [0.15, 0.2) is 146 Å². The van der Waals surface area contributed by atoms with E-state index >= 15 is 0 Å². The van der Waals surface area contributed by atoms with Crippen molar-refractivity contribution in [1.29, 1.82) is 0 Å². The maximum absolute atomic E-state index is 12.9. The van der Waals surface area contributed by atoms with Gasteiger partial charge in [-0.2, -0.15) is 0 Å². The third kappa shape index (κ3) is 54.2. The molecule has 0 rings (SSSR count). The number of hydrogen-bond donors (Lipinski definition) is 2. The maximum Gasteiger partial charge on any atom is 0.472 e. The van der Waals surface area contributed by atoms with E-state index in [9.17, 15) is 28.9 Å². The molecule has 2 N–H and O–H groups in total. The standard InChI is InChI=1S/C64H101O11P/c1-4-7-10-13-16-19-22-25-27-29-30-32-34-37-40-43-46-49-52-55-64(68)75-61(57-71-62(66)53-50-47-44-41-38-36-33-31-28-26-23-20-17-14-11-8-5-2)59-73-76(69,70)72-58-60(56-65)74-63(67)54-51-48-45-42-39-35-24-21-18-15-12-9-6-3/h7-12,16-21,25-28,30,32-33,35-36,39,41,44,60-61,65H,4-6,13-15,22-24,29,31,34,37-38,40,42-43,45-59H2,1-3H3,(H,69,70)/b10-7-,11-8-,12-9-,19-16-,20-17-,21-18-,27-25-,28-26-,32-30-,36-33-,39-35-,44-41-. The topological polar surface area (TPSA) is 155 Å². The van der Waals surface area contributed by atoms with E-state index in [0.717, 1.165) is 135 Å². The Morgan fingerprint density at radius 1 is 0.368 bits per heavy atom. The zero-order valence-corrected chi connectivity index (χ0v) is 48.0. The molecule has 0 aromatic heterocycles. The number of phosphoric acid groups is 1. The van der Waals surface area contributed by atoms with E-state index in [1.807, 2.05) is 6.08 Å². The van der Waals surface area contributed by atoms with Crippen LogP contribution < -0.4 is 0 Å². The van der Waals surface area contributed by atoms with Crippen LogP contribution in [0.2, 0.25) is 0 Å². The molecule has 0 radical (unpaired) electrons. The fraction of sp³-hybridized carbons (Fsp3) is 0.578. The first-order valence-electron chi connectivity index (χ1n) is 28.7. The summed E-state index contributed by atoms with van der Waals surface area (Å²) in [5, 5.41) is 9.80. The van der Waals surface area contributed by atoms with E-state index < -0.39 is 57.8 Å². The van der Waals surface area contributed by atoms with E-state index in [0.29, 0.717) is 25.7 Å². The third-order valence-corrected chi connectivity index (χ3v) is 12.2. The van der Waals surface area contributed by atoms with Gasteiger partial charge in [0.05, 0.1) is 19.8 Å². The summed E-state index contributed by atoms with van der Waals surface area (Å²) in [5.41, 5.74) is 0. The molecular weight excluding hydrogens is 976 g/mol. The minimum absolute atomic E-state index is 0.128. The van der Waals surface area contributed by atoms with Crippen molar-refractivity contribution in [3.8, 4) is 0 Å². The van der Waals surface area contributed by atoms with E-state index in [1.54, 1.807) is 0 Å². The third-order valence-electron chi connectivity index (χ3n) is 11.2. The molecule has 0 spiro atoms. The molecule has 3 unspecified atom stereocenters. The Kier molecular flexibility index (Phi) is 53.1. The van der Waals surface area contributed by atoms with Crippen molar-refractivity contribution in [1.82, 2.24) is 0 Å². The van der Waals surface area contributed by atoms with Gasteiger partial charge >= 0.3 is 25.7 Å².